The van der Waals surface area contributed by atoms with Crippen LogP contribution in [0.15, 0.2) is 18.2 Å². The van der Waals surface area contributed by atoms with E-state index in [-0.39, 0.29) is 31.2 Å². The predicted octanol–water partition coefficient (Wildman–Crippen LogP) is 5.92. The summed E-state index contributed by atoms with van der Waals surface area (Å²) in [6.07, 6.45) is 9.24. The third kappa shape index (κ3) is 7.62. The van der Waals surface area contributed by atoms with E-state index in [9.17, 15) is 14.7 Å². The second-order valence-electron chi connectivity index (χ2n) is 10.8. The Morgan fingerprint density at radius 1 is 1.00 bits per heavy atom. The summed E-state index contributed by atoms with van der Waals surface area (Å²) >= 11 is 0. The molecular weight excluding hydrogens is 468 g/mol. The monoisotopic (exact) mass is 516 g/mol. The van der Waals surface area contributed by atoms with Crippen molar-refractivity contribution in [3.63, 3.8) is 0 Å². The van der Waals surface area contributed by atoms with Gasteiger partial charge in [-0.2, -0.15) is 0 Å². The van der Waals surface area contributed by atoms with Gasteiger partial charge in [0.2, 0.25) is 12.7 Å². The Morgan fingerprint density at radius 3 is 2.24 bits per heavy atom. The van der Waals surface area contributed by atoms with Crippen LogP contribution in [-0.4, -0.2) is 65.8 Å². The highest BCUT2D eigenvalue weighted by atomic mass is 16.7. The Kier molecular flexibility index (Phi) is 11.6. The molecule has 3 rings (SSSR count). The third-order valence-corrected chi connectivity index (χ3v) is 8.08. The van der Waals surface area contributed by atoms with E-state index >= 15 is 0 Å². The molecule has 1 amide bonds. The predicted molar refractivity (Wildman–Crippen MR) is 146 cm³/mol. The first-order valence-corrected chi connectivity index (χ1v) is 14.6. The normalized spacial score (nSPS) is 21.1. The molecule has 37 heavy (non-hydrogen) atoms. The summed E-state index contributed by atoms with van der Waals surface area (Å²) in [5, 5.41) is 10.5. The fourth-order valence-electron chi connectivity index (χ4n) is 6.14. The Morgan fingerprint density at radius 2 is 1.65 bits per heavy atom. The lowest BCUT2D eigenvalue weighted by atomic mass is 9.80. The first kappa shape index (κ1) is 29.3. The number of nitrogens with zero attached hydrogens (tertiary/aromatic N) is 2. The molecule has 0 radical (unpaired) electrons. The maximum Gasteiger partial charge on any atom is 0.308 e. The van der Waals surface area contributed by atoms with Crippen LogP contribution in [0.5, 0.6) is 11.5 Å². The number of carboxylic acids is 1. The first-order chi connectivity index (χ1) is 17.9. The molecule has 0 spiro atoms. The molecule has 0 aromatic heterocycles. The Balaban J connectivity index is 1.89. The molecular formula is C30H48N2O5. The summed E-state index contributed by atoms with van der Waals surface area (Å²) in [7, 11) is 0. The number of likely N-dealkylation sites (tertiary alicyclic amines) is 1. The quantitative estimate of drug-likeness (QED) is 0.294. The van der Waals surface area contributed by atoms with Crippen LogP contribution in [0.3, 0.4) is 0 Å². The van der Waals surface area contributed by atoms with Gasteiger partial charge in [-0.1, -0.05) is 72.3 Å². The van der Waals surface area contributed by atoms with Crippen molar-refractivity contribution in [3.8, 4) is 11.5 Å². The van der Waals surface area contributed by atoms with Gasteiger partial charge in [0.15, 0.2) is 11.5 Å². The van der Waals surface area contributed by atoms with Crippen molar-refractivity contribution in [2.24, 2.45) is 11.8 Å². The molecule has 1 aromatic carbocycles. The van der Waals surface area contributed by atoms with Crippen LogP contribution in [0, 0.1) is 11.8 Å². The molecule has 208 valence electrons. The van der Waals surface area contributed by atoms with Crippen LogP contribution in [0.4, 0.5) is 0 Å². The number of fused-ring (bicyclic) bond motifs is 1. The standard InChI is InChI=1S/C30H48N2O5/c1-5-9-15-31(16-10-6-2)28(33)20-32-19-24(23-13-14-26-27(18-23)37-21-36-26)29(30(34)35)25(32)17-22(11-7-3)12-8-4/h13-14,18,22,24-25,29H,5-12,15-17,19-21H2,1-4H3,(H,34,35)/t24-,25-,29+/m1/s1. The van der Waals surface area contributed by atoms with Gasteiger partial charge in [0.25, 0.3) is 0 Å². The number of carbonyl (C=O) groups excluding carboxylic acids is 1. The number of aliphatic carboxylic acids is 1. The van der Waals surface area contributed by atoms with Gasteiger partial charge in [0, 0.05) is 31.6 Å². The second-order valence-corrected chi connectivity index (χ2v) is 10.8. The molecule has 2 aliphatic heterocycles. The largest absolute Gasteiger partial charge is 0.481 e. The van der Waals surface area contributed by atoms with Crippen molar-refractivity contribution in [3.05, 3.63) is 23.8 Å². The van der Waals surface area contributed by atoms with Crippen molar-refractivity contribution < 1.29 is 24.2 Å². The molecule has 2 aliphatic rings. The SMILES string of the molecule is CCCCN(CCCC)C(=O)CN1C[C@H](c2ccc3c(c2)OCO3)[C@H](C(=O)O)[C@H]1CC(CCC)CCC. The summed E-state index contributed by atoms with van der Waals surface area (Å²) in [4.78, 5) is 30.6. The minimum absolute atomic E-state index is 0.130. The molecule has 0 bridgehead atoms. The lowest BCUT2D eigenvalue weighted by Crippen LogP contribution is -2.45. The zero-order chi connectivity index (χ0) is 26.8. The van der Waals surface area contributed by atoms with Crippen molar-refractivity contribution in [2.75, 3.05) is 33.0 Å². The maximum atomic E-state index is 13.6. The topological polar surface area (TPSA) is 79.3 Å². The summed E-state index contributed by atoms with van der Waals surface area (Å²) < 4.78 is 11.1. The van der Waals surface area contributed by atoms with Crippen molar-refractivity contribution >= 4 is 11.9 Å². The van der Waals surface area contributed by atoms with E-state index in [1.54, 1.807) is 0 Å². The number of hydrogen-bond donors (Lipinski definition) is 1. The van der Waals surface area contributed by atoms with E-state index in [1.165, 1.54) is 0 Å². The Bertz CT molecular complexity index is 862. The van der Waals surface area contributed by atoms with Crippen molar-refractivity contribution in [1.29, 1.82) is 0 Å². The van der Waals surface area contributed by atoms with Gasteiger partial charge in [-0.3, -0.25) is 14.5 Å². The number of unbranched alkanes of at least 4 members (excludes halogenated alkanes) is 2. The van der Waals surface area contributed by atoms with Gasteiger partial charge >= 0.3 is 5.97 Å². The minimum Gasteiger partial charge on any atom is -0.481 e. The average molecular weight is 517 g/mol. The minimum atomic E-state index is -0.775. The van der Waals surface area contributed by atoms with Gasteiger partial charge in [-0.15, -0.1) is 0 Å². The van der Waals surface area contributed by atoms with Crippen LogP contribution < -0.4 is 9.47 Å². The number of hydrogen-bond acceptors (Lipinski definition) is 5. The molecule has 0 saturated carbocycles. The number of amides is 1. The zero-order valence-corrected chi connectivity index (χ0v) is 23.4. The van der Waals surface area contributed by atoms with Gasteiger partial charge in [-0.05, 0) is 42.9 Å². The summed E-state index contributed by atoms with van der Waals surface area (Å²) in [6, 6.07) is 5.63. The smallest absolute Gasteiger partial charge is 0.308 e. The molecule has 7 nitrogen and oxygen atoms in total. The highest BCUT2D eigenvalue weighted by molar-refractivity contribution is 5.79. The van der Waals surface area contributed by atoms with Crippen LogP contribution in [0.25, 0.3) is 0 Å². The van der Waals surface area contributed by atoms with Gasteiger partial charge in [0.05, 0.1) is 12.5 Å². The van der Waals surface area contributed by atoms with Gasteiger partial charge in [0.1, 0.15) is 0 Å². The van der Waals surface area contributed by atoms with Crippen LogP contribution in [0.1, 0.15) is 97.0 Å². The maximum absolute atomic E-state index is 13.6. The lowest BCUT2D eigenvalue weighted by molar-refractivity contribution is -0.144. The second kappa shape index (κ2) is 14.6. The van der Waals surface area contributed by atoms with E-state index < -0.39 is 11.9 Å². The summed E-state index contributed by atoms with van der Waals surface area (Å²) in [5.74, 6) is 0.426. The number of carbonyl (C=O) groups is 2. The Hall–Kier alpha value is -2.28. The molecule has 3 atom stereocenters. The van der Waals surface area contributed by atoms with Gasteiger partial charge < -0.3 is 19.5 Å². The molecule has 1 aromatic rings. The Labute approximate surface area is 223 Å². The van der Waals surface area contributed by atoms with E-state index in [1.807, 2.05) is 23.1 Å². The van der Waals surface area contributed by atoms with Crippen molar-refractivity contribution in [2.45, 2.75) is 97.4 Å². The molecule has 1 saturated heterocycles. The van der Waals surface area contributed by atoms with Crippen LogP contribution in [0.2, 0.25) is 0 Å². The van der Waals surface area contributed by atoms with E-state index in [0.717, 1.165) is 76.4 Å². The third-order valence-electron chi connectivity index (χ3n) is 8.08. The molecule has 1 fully saturated rings. The number of ether oxygens (including phenoxy) is 2. The number of benzene rings is 1. The lowest BCUT2D eigenvalue weighted by Gasteiger charge is -2.32. The number of rotatable bonds is 16. The van der Waals surface area contributed by atoms with Crippen LogP contribution in [-0.2, 0) is 9.59 Å². The van der Waals surface area contributed by atoms with Crippen LogP contribution >= 0.6 is 0 Å². The zero-order valence-electron chi connectivity index (χ0n) is 23.4. The highest BCUT2D eigenvalue weighted by Crippen LogP contribution is 2.44. The summed E-state index contributed by atoms with van der Waals surface area (Å²) in [5.41, 5.74) is 0.952. The van der Waals surface area contributed by atoms with E-state index in [4.69, 9.17) is 9.47 Å². The molecule has 2 heterocycles. The first-order valence-electron chi connectivity index (χ1n) is 14.6. The molecule has 7 heteroatoms. The fraction of sp³-hybridized carbons (Fsp3) is 0.733. The molecule has 1 N–H and O–H groups in total. The average Bonchev–Trinajstić information content (AvgIpc) is 3.48. The van der Waals surface area contributed by atoms with E-state index in [0.29, 0.717) is 24.0 Å². The van der Waals surface area contributed by atoms with Gasteiger partial charge in [-0.25, -0.2) is 0 Å². The fourth-order valence-corrected chi connectivity index (χ4v) is 6.14. The molecule has 0 unspecified atom stereocenters. The highest BCUT2D eigenvalue weighted by Gasteiger charge is 2.48. The molecule has 0 aliphatic carbocycles. The van der Waals surface area contributed by atoms with Crippen molar-refractivity contribution in [1.82, 2.24) is 9.80 Å². The summed E-state index contributed by atoms with van der Waals surface area (Å²) in [6.45, 7) is 11.3. The number of carboxylic acid groups (broad SMARTS) is 1. The van der Waals surface area contributed by atoms with E-state index in [2.05, 4.69) is 32.6 Å².